The molecule has 27 heavy (non-hydrogen) atoms. The molecule has 0 aliphatic carbocycles. The molecule has 4 nitrogen and oxygen atoms in total. The highest BCUT2D eigenvalue weighted by Gasteiger charge is 2.28. The van der Waals surface area contributed by atoms with Crippen LogP contribution in [-0.2, 0) is 13.1 Å². The lowest BCUT2D eigenvalue weighted by atomic mass is 10.2. The van der Waals surface area contributed by atoms with E-state index in [1.165, 1.54) is 0 Å². The monoisotopic (exact) mass is 377 g/mol. The van der Waals surface area contributed by atoms with Crippen molar-refractivity contribution in [1.82, 2.24) is 14.9 Å². The first kappa shape index (κ1) is 19.2. The zero-order valence-corrected chi connectivity index (χ0v) is 15.3. The molecule has 1 N–H and O–H groups in total. The molecule has 0 amide bonds. The Morgan fingerprint density at radius 2 is 1.81 bits per heavy atom. The van der Waals surface area contributed by atoms with Gasteiger partial charge >= 0.3 is 6.18 Å². The third kappa shape index (κ3) is 4.80. The zero-order chi connectivity index (χ0) is 19.4. The summed E-state index contributed by atoms with van der Waals surface area (Å²) in [6, 6.07) is 14.7. The molecular weight excluding hydrogens is 355 g/mol. The maximum absolute atomic E-state index is 12.2. The van der Waals surface area contributed by atoms with Crippen molar-refractivity contribution < 1.29 is 17.9 Å². The predicted octanol–water partition coefficient (Wildman–Crippen LogP) is 4.85. The first-order chi connectivity index (χ1) is 12.9. The molecule has 0 bridgehead atoms. The molecule has 0 fully saturated rings. The SMILES string of the molecule is CCn1c(C(C)NCc2ccc(OCC(F)(F)F)cc2)nc2ccccc21. The largest absolute Gasteiger partial charge is 0.484 e. The Balaban J connectivity index is 1.63. The van der Waals surface area contributed by atoms with Gasteiger partial charge in [-0.2, -0.15) is 13.2 Å². The van der Waals surface area contributed by atoms with E-state index in [1.54, 1.807) is 24.3 Å². The third-order valence-corrected chi connectivity index (χ3v) is 4.33. The fraction of sp³-hybridized carbons (Fsp3) is 0.350. The standard InChI is InChI=1S/C20H22F3N3O/c1-3-26-18-7-5-4-6-17(18)25-19(26)14(2)24-12-15-8-10-16(11-9-15)27-13-20(21,22)23/h4-11,14,24H,3,12-13H2,1-2H3. The van der Waals surface area contributed by atoms with Crippen LogP contribution in [0.15, 0.2) is 48.5 Å². The molecule has 3 rings (SSSR count). The molecule has 0 saturated carbocycles. The van der Waals surface area contributed by atoms with E-state index in [1.807, 2.05) is 25.1 Å². The van der Waals surface area contributed by atoms with Crippen LogP contribution in [0.5, 0.6) is 5.75 Å². The lowest BCUT2D eigenvalue weighted by molar-refractivity contribution is -0.153. The summed E-state index contributed by atoms with van der Waals surface area (Å²) in [5.74, 6) is 1.17. The maximum atomic E-state index is 12.2. The molecule has 0 aliphatic rings. The summed E-state index contributed by atoms with van der Waals surface area (Å²) >= 11 is 0. The lowest BCUT2D eigenvalue weighted by Gasteiger charge is -2.15. The Morgan fingerprint density at radius 3 is 2.48 bits per heavy atom. The molecule has 0 saturated heterocycles. The smallest absolute Gasteiger partial charge is 0.422 e. The Morgan fingerprint density at radius 1 is 1.11 bits per heavy atom. The molecule has 1 heterocycles. The van der Waals surface area contributed by atoms with Crippen molar-refractivity contribution in [3.8, 4) is 5.75 Å². The molecular formula is C20H22F3N3O. The number of hydrogen-bond donors (Lipinski definition) is 1. The topological polar surface area (TPSA) is 39.1 Å². The summed E-state index contributed by atoms with van der Waals surface area (Å²) in [5, 5.41) is 3.42. The van der Waals surface area contributed by atoms with E-state index in [0.717, 1.165) is 29.0 Å². The number of halogens is 3. The van der Waals surface area contributed by atoms with Gasteiger partial charge in [0.05, 0.1) is 17.1 Å². The molecule has 1 atom stereocenters. The van der Waals surface area contributed by atoms with Gasteiger partial charge in [-0.15, -0.1) is 0 Å². The number of nitrogens with zero attached hydrogens (tertiary/aromatic N) is 2. The average molecular weight is 377 g/mol. The van der Waals surface area contributed by atoms with Gasteiger partial charge in [0.2, 0.25) is 0 Å². The molecule has 7 heteroatoms. The van der Waals surface area contributed by atoms with Crippen molar-refractivity contribution in [3.63, 3.8) is 0 Å². The van der Waals surface area contributed by atoms with Gasteiger partial charge in [-0.1, -0.05) is 24.3 Å². The third-order valence-electron chi connectivity index (χ3n) is 4.33. The summed E-state index contributed by atoms with van der Waals surface area (Å²) < 4.78 is 43.5. The minimum atomic E-state index is -4.33. The van der Waals surface area contributed by atoms with E-state index in [9.17, 15) is 13.2 Å². The molecule has 2 aromatic carbocycles. The van der Waals surface area contributed by atoms with E-state index in [2.05, 4.69) is 22.9 Å². The van der Waals surface area contributed by atoms with Crippen LogP contribution in [0.3, 0.4) is 0 Å². The fourth-order valence-electron chi connectivity index (χ4n) is 2.99. The van der Waals surface area contributed by atoms with Gasteiger partial charge in [0.25, 0.3) is 0 Å². The molecule has 0 aliphatic heterocycles. The number of ether oxygens (including phenoxy) is 1. The van der Waals surface area contributed by atoms with Crippen LogP contribution in [-0.4, -0.2) is 22.3 Å². The van der Waals surface area contributed by atoms with Gasteiger partial charge in [-0.05, 0) is 43.7 Å². The second-order valence-electron chi connectivity index (χ2n) is 6.35. The highest BCUT2D eigenvalue weighted by molar-refractivity contribution is 5.76. The fourth-order valence-corrected chi connectivity index (χ4v) is 2.99. The summed E-state index contributed by atoms with van der Waals surface area (Å²) in [4.78, 5) is 4.73. The normalized spacial score (nSPS) is 13.1. The van der Waals surface area contributed by atoms with Crippen molar-refractivity contribution in [3.05, 3.63) is 59.9 Å². The van der Waals surface area contributed by atoms with Crippen molar-refractivity contribution in [2.75, 3.05) is 6.61 Å². The summed E-state index contributed by atoms with van der Waals surface area (Å²) in [6.07, 6.45) is -4.33. The molecule has 1 unspecified atom stereocenters. The summed E-state index contributed by atoms with van der Waals surface area (Å²) in [7, 11) is 0. The maximum Gasteiger partial charge on any atom is 0.422 e. The van der Waals surface area contributed by atoms with Gasteiger partial charge in [0.15, 0.2) is 6.61 Å². The number of imidazole rings is 1. The Labute approximate surface area is 156 Å². The molecule has 144 valence electrons. The van der Waals surface area contributed by atoms with Gasteiger partial charge < -0.3 is 14.6 Å². The highest BCUT2D eigenvalue weighted by Crippen LogP contribution is 2.22. The molecule has 1 aromatic heterocycles. The minimum Gasteiger partial charge on any atom is -0.484 e. The van der Waals surface area contributed by atoms with Gasteiger partial charge in [-0.3, -0.25) is 0 Å². The Bertz CT molecular complexity index is 888. The number of alkyl halides is 3. The van der Waals surface area contributed by atoms with Crippen molar-refractivity contribution in [2.24, 2.45) is 0 Å². The highest BCUT2D eigenvalue weighted by atomic mass is 19.4. The number of para-hydroxylation sites is 2. The van der Waals surface area contributed by atoms with E-state index < -0.39 is 12.8 Å². The predicted molar refractivity (Wildman–Crippen MR) is 98.7 cm³/mol. The van der Waals surface area contributed by atoms with Crippen molar-refractivity contribution >= 4 is 11.0 Å². The van der Waals surface area contributed by atoms with Crippen LogP contribution >= 0.6 is 0 Å². The Kier molecular flexibility index (Phi) is 5.70. The minimum absolute atomic E-state index is 0.0264. The zero-order valence-electron chi connectivity index (χ0n) is 15.3. The molecule has 0 spiro atoms. The van der Waals surface area contributed by atoms with E-state index in [4.69, 9.17) is 9.72 Å². The number of rotatable bonds is 7. The summed E-state index contributed by atoms with van der Waals surface area (Å²) in [5.41, 5.74) is 3.03. The number of fused-ring (bicyclic) bond motifs is 1. The first-order valence-corrected chi connectivity index (χ1v) is 8.84. The van der Waals surface area contributed by atoms with Crippen LogP contribution in [0.25, 0.3) is 11.0 Å². The van der Waals surface area contributed by atoms with Crippen LogP contribution in [0.2, 0.25) is 0 Å². The second kappa shape index (κ2) is 8.00. The number of hydrogen-bond acceptors (Lipinski definition) is 3. The summed E-state index contributed by atoms with van der Waals surface area (Å²) in [6.45, 7) is 4.26. The van der Waals surface area contributed by atoms with E-state index in [-0.39, 0.29) is 11.8 Å². The quantitative estimate of drug-likeness (QED) is 0.640. The molecule has 0 radical (unpaired) electrons. The number of nitrogens with one attached hydrogen (secondary N) is 1. The number of aryl methyl sites for hydroxylation is 1. The van der Waals surface area contributed by atoms with Gasteiger partial charge in [0, 0.05) is 13.1 Å². The van der Waals surface area contributed by atoms with Crippen LogP contribution in [0.4, 0.5) is 13.2 Å². The second-order valence-corrected chi connectivity index (χ2v) is 6.35. The van der Waals surface area contributed by atoms with Gasteiger partial charge in [0.1, 0.15) is 11.6 Å². The lowest BCUT2D eigenvalue weighted by Crippen LogP contribution is -2.21. The van der Waals surface area contributed by atoms with Crippen LogP contribution < -0.4 is 10.1 Å². The van der Waals surface area contributed by atoms with E-state index in [0.29, 0.717) is 6.54 Å². The number of benzene rings is 2. The molecule has 3 aromatic rings. The van der Waals surface area contributed by atoms with Crippen LogP contribution in [0, 0.1) is 0 Å². The van der Waals surface area contributed by atoms with Crippen molar-refractivity contribution in [1.29, 1.82) is 0 Å². The Hall–Kier alpha value is -2.54. The van der Waals surface area contributed by atoms with Crippen LogP contribution in [0.1, 0.15) is 31.3 Å². The van der Waals surface area contributed by atoms with Crippen molar-refractivity contribution in [2.45, 2.75) is 39.2 Å². The number of aromatic nitrogens is 2. The average Bonchev–Trinajstić information content (AvgIpc) is 3.03. The van der Waals surface area contributed by atoms with E-state index >= 15 is 0 Å². The first-order valence-electron chi connectivity index (χ1n) is 8.84. The van der Waals surface area contributed by atoms with Gasteiger partial charge in [-0.25, -0.2) is 4.98 Å².